The standard InChI is InChI=1S/C14H23FN2/c1-11(2)16-7-8-17(4)10-13-6-5-12(3)14(15)9-13/h5-6,9,11,16H,7-8,10H2,1-4H3. The van der Waals surface area contributed by atoms with Crippen LogP contribution >= 0.6 is 0 Å². The van der Waals surface area contributed by atoms with Crippen molar-refractivity contribution in [2.24, 2.45) is 0 Å². The van der Waals surface area contributed by atoms with Crippen LogP contribution in [-0.2, 0) is 6.54 Å². The number of aryl methyl sites for hydroxylation is 1. The van der Waals surface area contributed by atoms with Crippen molar-refractivity contribution in [1.82, 2.24) is 10.2 Å². The predicted molar refractivity (Wildman–Crippen MR) is 70.6 cm³/mol. The fraction of sp³-hybridized carbons (Fsp3) is 0.571. The third kappa shape index (κ3) is 5.29. The number of nitrogens with one attached hydrogen (secondary N) is 1. The van der Waals surface area contributed by atoms with Gasteiger partial charge >= 0.3 is 0 Å². The first-order chi connectivity index (χ1) is 7.99. The molecule has 1 N–H and O–H groups in total. The topological polar surface area (TPSA) is 15.3 Å². The van der Waals surface area contributed by atoms with Crippen LogP contribution in [0.2, 0.25) is 0 Å². The molecule has 0 aromatic heterocycles. The Hall–Kier alpha value is -0.930. The van der Waals surface area contributed by atoms with E-state index >= 15 is 0 Å². The lowest BCUT2D eigenvalue weighted by Gasteiger charge is -2.18. The molecule has 1 rings (SSSR count). The molecule has 0 unspecified atom stereocenters. The Kier molecular flexibility index (Phi) is 5.59. The predicted octanol–water partition coefficient (Wildman–Crippen LogP) is 2.56. The number of hydrogen-bond acceptors (Lipinski definition) is 2. The van der Waals surface area contributed by atoms with E-state index in [0.29, 0.717) is 11.6 Å². The first-order valence-electron chi connectivity index (χ1n) is 6.16. The van der Waals surface area contributed by atoms with Crippen LogP contribution in [0.5, 0.6) is 0 Å². The van der Waals surface area contributed by atoms with E-state index in [1.54, 1.807) is 13.0 Å². The van der Waals surface area contributed by atoms with Crippen molar-refractivity contribution in [3.63, 3.8) is 0 Å². The Morgan fingerprint density at radius 2 is 2.06 bits per heavy atom. The molecule has 0 atom stereocenters. The Balaban J connectivity index is 2.39. The number of rotatable bonds is 6. The van der Waals surface area contributed by atoms with Crippen molar-refractivity contribution in [2.45, 2.75) is 33.4 Å². The van der Waals surface area contributed by atoms with Gasteiger partial charge < -0.3 is 10.2 Å². The van der Waals surface area contributed by atoms with Gasteiger partial charge in [0, 0.05) is 25.7 Å². The summed E-state index contributed by atoms with van der Waals surface area (Å²) in [7, 11) is 2.06. The largest absolute Gasteiger partial charge is 0.313 e. The summed E-state index contributed by atoms with van der Waals surface area (Å²) in [6, 6.07) is 5.97. The van der Waals surface area contributed by atoms with E-state index in [1.807, 2.05) is 12.1 Å². The lowest BCUT2D eigenvalue weighted by molar-refractivity contribution is 0.319. The van der Waals surface area contributed by atoms with Crippen LogP contribution in [0, 0.1) is 12.7 Å². The molecule has 0 saturated heterocycles. The highest BCUT2D eigenvalue weighted by molar-refractivity contribution is 5.23. The Labute approximate surface area is 104 Å². The molecule has 1 aromatic carbocycles. The minimum Gasteiger partial charge on any atom is -0.313 e. The molecule has 1 aromatic rings. The highest BCUT2D eigenvalue weighted by Crippen LogP contribution is 2.10. The zero-order valence-corrected chi connectivity index (χ0v) is 11.3. The van der Waals surface area contributed by atoms with Crippen LogP contribution in [0.15, 0.2) is 18.2 Å². The molecule has 0 aliphatic heterocycles. The average molecular weight is 238 g/mol. The van der Waals surface area contributed by atoms with Crippen LogP contribution in [0.25, 0.3) is 0 Å². The maximum absolute atomic E-state index is 13.4. The van der Waals surface area contributed by atoms with E-state index in [-0.39, 0.29) is 5.82 Å². The Morgan fingerprint density at radius 3 is 2.65 bits per heavy atom. The molecular formula is C14H23FN2. The summed E-state index contributed by atoms with van der Waals surface area (Å²) >= 11 is 0. The lowest BCUT2D eigenvalue weighted by Crippen LogP contribution is -2.32. The van der Waals surface area contributed by atoms with Gasteiger partial charge in [-0.15, -0.1) is 0 Å². The summed E-state index contributed by atoms with van der Waals surface area (Å²) in [5.41, 5.74) is 1.73. The van der Waals surface area contributed by atoms with Gasteiger partial charge in [0.15, 0.2) is 0 Å². The van der Waals surface area contributed by atoms with Gasteiger partial charge in [-0.3, -0.25) is 0 Å². The zero-order chi connectivity index (χ0) is 12.8. The van der Waals surface area contributed by atoms with Crippen LogP contribution in [0.1, 0.15) is 25.0 Å². The second-order valence-corrected chi connectivity index (χ2v) is 4.93. The van der Waals surface area contributed by atoms with E-state index < -0.39 is 0 Å². The molecule has 0 radical (unpaired) electrons. The molecule has 3 heteroatoms. The Morgan fingerprint density at radius 1 is 1.35 bits per heavy atom. The monoisotopic (exact) mass is 238 g/mol. The lowest BCUT2D eigenvalue weighted by atomic mass is 10.1. The van der Waals surface area contributed by atoms with Gasteiger partial charge in [-0.05, 0) is 31.2 Å². The summed E-state index contributed by atoms with van der Waals surface area (Å²) in [6.45, 7) is 8.77. The fourth-order valence-electron chi connectivity index (χ4n) is 1.67. The highest BCUT2D eigenvalue weighted by Gasteiger charge is 2.03. The molecule has 0 aliphatic carbocycles. The normalized spacial score (nSPS) is 11.5. The quantitative estimate of drug-likeness (QED) is 0.819. The maximum Gasteiger partial charge on any atom is 0.126 e. The van der Waals surface area contributed by atoms with Gasteiger partial charge in [-0.25, -0.2) is 4.39 Å². The minimum atomic E-state index is -0.115. The summed E-state index contributed by atoms with van der Waals surface area (Å²) in [5.74, 6) is -0.115. The van der Waals surface area contributed by atoms with Crippen LogP contribution in [0.3, 0.4) is 0 Å². The van der Waals surface area contributed by atoms with Gasteiger partial charge in [-0.1, -0.05) is 26.0 Å². The number of nitrogens with zero attached hydrogens (tertiary/aromatic N) is 1. The second-order valence-electron chi connectivity index (χ2n) is 4.93. The molecular weight excluding hydrogens is 215 g/mol. The molecule has 0 saturated carbocycles. The highest BCUT2D eigenvalue weighted by atomic mass is 19.1. The molecule has 0 aliphatic rings. The minimum absolute atomic E-state index is 0.115. The molecule has 0 amide bonds. The van der Waals surface area contributed by atoms with Crippen LogP contribution in [0.4, 0.5) is 4.39 Å². The fourth-order valence-corrected chi connectivity index (χ4v) is 1.67. The van der Waals surface area contributed by atoms with Gasteiger partial charge in [0.25, 0.3) is 0 Å². The van der Waals surface area contributed by atoms with Crippen molar-refractivity contribution >= 4 is 0 Å². The van der Waals surface area contributed by atoms with Gasteiger partial charge in [0.1, 0.15) is 5.82 Å². The Bertz CT molecular complexity index is 350. The van der Waals surface area contributed by atoms with Gasteiger partial charge in [0.2, 0.25) is 0 Å². The molecule has 2 nitrogen and oxygen atoms in total. The number of benzene rings is 1. The van der Waals surface area contributed by atoms with Crippen LogP contribution < -0.4 is 5.32 Å². The zero-order valence-electron chi connectivity index (χ0n) is 11.3. The molecule has 0 spiro atoms. The van der Waals surface area contributed by atoms with E-state index in [1.165, 1.54) is 0 Å². The first kappa shape index (κ1) is 14.1. The van der Waals surface area contributed by atoms with Crippen molar-refractivity contribution < 1.29 is 4.39 Å². The van der Waals surface area contributed by atoms with Crippen molar-refractivity contribution in [1.29, 1.82) is 0 Å². The summed E-state index contributed by atoms with van der Waals surface area (Å²) in [6.07, 6.45) is 0. The smallest absolute Gasteiger partial charge is 0.126 e. The maximum atomic E-state index is 13.4. The van der Waals surface area contributed by atoms with E-state index in [9.17, 15) is 4.39 Å². The molecule has 0 bridgehead atoms. The third-order valence-corrected chi connectivity index (χ3v) is 2.73. The third-order valence-electron chi connectivity index (χ3n) is 2.73. The van der Waals surface area contributed by atoms with Gasteiger partial charge in [-0.2, -0.15) is 0 Å². The molecule has 0 heterocycles. The van der Waals surface area contributed by atoms with Crippen LogP contribution in [-0.4, -0.2) is 31.1 Å². The van der Waals surface area contributed by atoms with Gasteiger partial charge in [0.05, 0.1) is 0 Å². The van der Waals surface area contributed by atoms with Crippen molar-refractivity contribution in [3.05, 3.63) is 35.1 Å². The second kappa shape index (κ2) is 6.72. The summed E-state index contributed by atoms with van der Waals surface area (Å²) in [4.78, 5) is 2.19. The number of hydrogen-bond donors (Lipinski definition) is 1. The SMILES string of the molecule is Cc1ccc(CN(C)CCNC(C)C)cc1F. The average Bonchev–Trinajstić information content (AvgIpc) is 2.23. The summed E-state index contributed by atoms with van der Waals surface area (Å²) < 4.78 is 13.4. The molecule has 0 fully saturated rings. The molecule has 17 heavy (non-hydrogen) atoms. The summed E-state index contributed by atoms with van der Waals surface area (Å²) in [5, 5.41) is 3.37. The van der Waals surface area contributed by atoms with Crippen molar-refractivity contribution in [3.8, 4) is 0 Å². The molecule has 96 valence electrons. The van der Waals surface area contributed by atoms with Crippen molar-refractivity contribution in [2.75, 3.05) is 20.1 Å². The van der Waals surface area contributed by atoms with E-state index in [2.05, 4.69) is 31.1 Å². The van der Waals surface area contributed by atoms with E-state index in [0.717, 1.165) is 25.2 Å². The number of likely N-dealkylation sites (N-methyl/N-ethyl adjacent to an activating group) is 1. The number of halogens is 1. The van der Waals surface area contributed by atoms with E-state index in [4.69, 9.17) is 0 Å². The first-order valence-corrected chi connectivity index (χ1v) is 6.16.